The number of ether oxygens (including phenoxy) is 1. The van der Waals surface area contributed by atoms with Crippen LogP contribution in [0.2, 0.25) is 0 Å². The Morgan fingerprint density at radius 1 is 0.920 bits per heavy atom. The fourth-order valence-electron chi connectivity index (χ4n) is 1.68. The van der Waals surface area contributed by atoms with Crippen LogP contribution in [-0.2, 0) is 19.5 Å². The molecule has 4 nitrogen and oxygen atoms in total. The number of aromatic nitrogens is 1. The van der Waals surface area contributed by atoms with E-state index in [1.807, 2.05) is 43.3 Å². The summed E-state index contributed by atoms with van der Waals surface area (Å²) in [5.41, 5.74) is 2.83. The molecule has 1 heterocycles. The third-order valence-electron chi connectivity index (χ3n) is 2.97. The standard InChI is InChI=1S/C13H10NO2.C7H7.Co.O/c1-10-4-6-12(7-5-10)16-13(15)11-3-2-8-14-9-11;1-7-5-3-2-4-6-7;;/h2-7,9H,1H3;3-6H,1H3;;/q2*-1;;. The molecule has 0 bridgehead atoms. The van der Waals surface area contributed by atoms with E-state index in [-0.39, 0.29) is 0 Å². The van der Waals surface area contributed by atoms with Crippen molar-refractivity contribution >= 4 is 5.97 Å². The molecule has 1 aromatic heterocycles. The summed E-state index contributed by atoms with van der Waals surface area (Å²) < 4.78 is 13.1. The molecule has 2 aromatic carbocycles. The van der Waals surface area contributed by atoms with Gasteiger partial charge in [0.05, 0.1) is 0 Å². The van der Waals surface area contributed by atoms with Gasteiger partial charge in [-0.1, -0.05) is 37.0 Å². The Balaban J connectivity index is 0.000000290. The van der Waals surface area contributed by atoms with Crippen LogP contribution in [0.15, 0.2) is 66.9 Å². The second-order valence-electron chi connectivity index (χ2n) is 4.96. The van der Waals surface area contributed by atoms with Crippen molar-refractivity contribution in [2.75, 3.05) is 0 Å². The number of esters is 1. The molecule has 5 heteroatoms. The Bertz CT molecular complexity index is 747. The average Bonchev–Trinajstić information content (AvgIpc) is 2.67. The second-order valence-corrected chi connectivity index (χ2v) is 4.96. The summed E-state index contributed by atoms with van der Waals surface area (Å²) in [5.74, 6) is 0.119. The van der Waals surface area contributed by atoms with Gasteiger partial charge < -0.3 is 9.72 Å². The quantitative estimate of drug-likeness (QED) is 0.383. The maximum absolute atomic E-state index is 11.6. The van der Waals surface area contributed by atoms with E-state index in [2.05, 4.69) is 39.8 Å². The van der Waals surface area contributed by atoms with E-state index < -0.39 is 5.97 Å². The van der Waals surface area contributed by atoms with Crippen LogP contribution in [0.5, 0.6) is 5.75 Å². The summed E-state index contributed by atoms with van der Waals surface area (Å²) in [4.78, 5) is 15.4. The van der Waals surface area contributed by atoms with Gasteiger partial charge in [-0.3, -0.25) is 0 Å². The van der Waals surface area contributed by atoms with Crippen molar-refractivity contribution in [2.24, 2.45) is 0 Å². The van der Waals surface area contributed by atoms with E-state index in [4.69, 9.17) is 8.60 Å². The second kappa shape index (κ2) is 11.8. The van der Waals surface area contributed by atoms with Crippen molar-refractivity contribution in [3.63, 3.8) is 0 Å². The normalized spacial score (nSPS) is 8.92. The molecule has 0 aliphatic rings. The zero-order chi connectivity index (χ0) is 18.5. The van der Waals surface area contributed by atoms with E-state index >= 15 is 0 Å². The van der Waals surface area contributed by atoms with Gasteiger partial charge in [0.1, 0.15) is 5.75 Å². The van der Waals surface area contributed by atoms with Gasteiger partial charge >= 0.3 is 25.5 Å². The number of hydrogen-bond donors (Lipinski definition) is 0. The molecule has 131 valence electrons. The predicted octanol–water partition coefficient (Wildman–Crippen LogP) is 4.08. The molecule has 0 fully saturated rings. The molecule has 3 aromatic rings. The van der Waals surface area contributed by atoms with Crippen molar-refractivity contribution in [3.05, 3.63) is 95.8 Å². The molecule has 25 heavy (non-hydrogen) atoms. The van der Waals surface area contributed by atoms with E-state index in [9.17, 15) is 4.79 Å². The fourth-order valence-corrected chi connectivity index (χ4v) is 1.68. The molecule has 0 atom stereocenters. The Kier molecular flexibility index (Phi) is 9.66. The number of rotatable bonds is 2. The van der Waals surface area contributed by atoms with Gasteiger partial charge in [-0.25, -0.2) is 4.79 Å². The van der Waals surface area contributed by atoms with Crippen LogP contribution in [0.1, 0.15) is 21.5 Å². The molecular weight excluding hydrogens is 361 g/mol. The Hall–Kier alpha value is -2.63. The zero-order valence-electron chi connectivity index (χ0n) is 13.9. The third-order valence-corrected chi connectivity index (χ3v) is 2.97. The molecular formula is C20H17CoNO3-2. The summed E-state index contributed by atoms with van der Waals surface area (Å²) in [5, 5.41) is 0. The molecule has 0 amide bonds. The minimum atomic E-state index is -0.412. The van der Waals surface area contributed by atoms with Crippen LogP contribution in [-0.4, -0.2) is 11.0 Å². The topological polar surface area (TPSA) is 56.3 Å². The van der Waals surface area contributed by atoms with Crippen molar-refractivity contribution in [1.82, 2.24) is 4.98 Å². The Morgan fingerprint density at radius 2 is 1.52 bits per heavy atom. The van der Waals surface area contributed by atoms with E-state index in [0.29, 0.717) is 11.3 Å². The summed E-state index contributed by atoms with van der Waals surface area (Å²) >= 11 is 2.31. The summed E-state index contributed by atoms with van der Waals surface area (Å²) in [6.45, 7) is 4.04. The maximum atomic E-state index is 11.6. The van der Waals surface area contributed by atoms with Crippen LogP contribution in [0.25, 0.3) is 0 Å². The molecule has 3 rings (SSSR count). The molecule has 0 aliphatic heterocycles. The molecule has 0 saturated carbocycles. The van der Waals surface area contributed by atoms with Gasteiger partial charge in [-0.05, 0) is 24.6 Å². The van der Waals surface area contributed by atoms with Gasteiger partial charge in [0.25, 0.3) is 0 Å². The Labute approximate surface area is 155 Å². The number of hydrogen-bond acceptors (Lipinski definition) is 4. The molecule has 0 spiro atoms. The first-order valence-corrected chi connectivity index (χ1v) is 7.75. The molecule has 0 aliphatic carbocycles. The minimum absolute atomic E-state index is 0.412. The van der Waals surface area contributed by atoms with Crippen LogP contribution < -0.4 is 4.74 Å². The first kappa shape index (κ1) is 20.4. The van der Waals surface area contributed by atoms with E-state index in [0.717, 1.165) is 5.56 Å². The number of carbonyl (C=O) groups is 1. The number of aryl methyl sites for hydroxylation is 2. The van der Waals surface area contributed by atoms with Gasteiger partial charge in [0.2, 0.25) is 0 Å². The van der Waals surface area contributed by atoms with Crippen molar-refractivity contribution in [3.8, 4) is 5.75 Å². The fraction of sp³-hybridized carbons (Fsp3) is 0.100. The number of benzene rings is 2. The summed E-state index contributed by atoms with van der Waals surface area (Å²) in [6, 6.07) is 21.3. The van der Waals surface area contributed by atoms with Crippen molar-refractivity contribution in [2.45, 2.75) is 13.8 Å². The first-order valence-electron chi connectivity index (χ1n) is 7.32. The average molecular weight is 378 g/mol. The third kappa shape index (κ3) is 8.15. The van der Waals surface area contributed by atoms with Crippen LogP contribution in [0.4, 0.5) is 0 Å². The zero-order valence-corrected chi connectivity index (χ0v) is 14.9. The molecule has 0 unspecified atom stereocenters. The van der Waals surface area contributed by atoms with Crippen molar-refractivity contribution in [1.29, 1.82) is 0 Å². The first-order chi connectivity index (χ1) is 12.1. The summed E-state index contributed by atoms with van der Waals surface area (Å²) in [6.07, 6.45) is 4.03. The number of nitrogens with zero attached hydrogens (tertiary/aromatic N) is 1. The van der Waals surface area contributed by atoms with Crippen LogP contribution in [0, 0.1) is 26.1 Å². The van der Waals surface area contributed by atoms with Crippen LogP contribution in [0.3, 0.4) is 0 Å². The summed E-state index contributed by atoms with van der Waals surface area (Å²) in [7, 11) is 0. The van der Waals surface area contributed by atoms with E-state index in [1.54, 1.807) is 24.3 Å². The molecule has 0 saturated heterocycles. The van der Waals surface area contributed by atoms with Gasteiger partial charge in [0.15, 0.2) is 0 Å². The van der Waals surface area contributed by atoms with Crippen LogP contribution >= 0.6 is 0 Å². The predicted molar refractivity (Wildman–Crippen MR) is 89.9 cm³/mol. The number of pyridine rings is 1. The van der Waals surface area contributed by atoms with Gasteiger partial charge in [-0.15, -0.1) is 0 Å². The SMILES string of the molecule is Cc1cc[c-]cc1.Cc1ccc(OC(=O)c2cc[c-]nc2)cc1.[O]=[Co]. The van der Waals surface area contributed by atoms with Gasteiger partial charge in [-0.2, -0.15) is 48.0 Å². The monoisotopic (exact) mass is 378 g/mol. The molecule has 0 radical (unpaired) electrons. The van der Waals surface area contributed by atoms with Crippen molar-refractivity contribution < 1.29 is 29.1 Å². The Morgan fingerprint density at radius 3 is 2.00 bits per heavy atom. The van der Waals surface area contributed by atoms with E-state index in [1.165, 1.54) is 11.8 Å². The number of carbonyl (C=O) groups excluding carboxylic acids is 1. The molecule has 0 N–H and O–H groups in total. The van der Waals surface area contributed by atoms with Gasteiger partial charge in [0, 0.05) is 0 Å².